The molecule has 0 N–H and O–H groups in total. The van der Waals surface area contributed by atoms with Crippen LogP contribution in [0.4, 0.5) is 0 Å². The lowest BCUT2D eigenvalue weighted by Crippen LogP contribution is -1.97. The Morgan fingerprint density at radius 2 is 2.25 bits per heavy atom. The quantitative estimate of drug-likeness (QED) is 0.702. The molecule has 0 aliphatic heterocycles. The average molecular weight is 182 g/mol. The number of rotatable bonds is 3. The lowest BCUT2D eigenvalue weighted by Gasteiger charge is -2.04. The van der Waals surface area contributed by atoms with Crippen LogP contribution in [0.1, 0.15) is 35.9 Å². The van der Waals surface area contributed by atoms with Crippen molar-refractivity contribution in [2.75, 3.05) is 0 Å². The molecule has 0 spiro atoms. The van der Waals surface area contributed by atoms with Crippen molar-refractivity contribution in [3.63, 3.8) is 0 Å². The van der Waals surface area contributed by atoms with Gasteiger partial charge in [0.2, 0.25) is 0 Å². The van der Waals surface area contributed by atoms with E-state index in [1.807, 2.05) is 0 Å². The second kappa shape index (κ2) is 3.85. The Kier molecular flexibility index (Phi) is 3.04. The molecule has 1 unspecified atom stereocenters. The van der Waals surface area contributed by atoms with E-state index in [0.29, 0.717) is 12.3 Å². The van der Waals surface area contributed by atoms with Crippen LogP contribution in [0.2, 0.25) is 0 Å². The predicted molar refractivity (Wildman–Crippen MR) is 52.8 cm³/mol. The monoisotopic (exact) mass is 182 g/mol. The molecule has 0 saturated heterocycles. The lowest BCUT2D eigenvalue weighted by molar-refractivity contribution is -0.117. The van der Waals surface area contributed by atoms with Gasteiger partial charge in [0.1, 0.15) is 5.78 Å². The van der Waals surface area contributed by atoms with Crippen LogP contribution in [-0.4, -0.2) is 5.78 Å². The molecule has 0 amide bonds. The van der Waals surface area contributed by atoms with E-state index in [9.17, 15) is 4.79 Å². The highest BCUT2D eigenvalue weighted by Crippen LogP contribution is 2.26. The van der Waals surface area contributed by atoms with Gasteiger partial charge < -0.3 is 4.79 Å². The van der Waals surface area contributed by atoms with Crippen molar-refractivity contribution in [3.05, 3.63) is 21.9 Å². The summed E-state index contributed by atoms with van der Waals surface area (Å²) < 4.78 is 0. The average Bonchev–Trinajstić information content (AvgIpc) is 2.34. The molecule has 66 valence electrons. The highest BCUT2D eigenvalue weighted by Gasteiger charge is 2.09. The SMILES string of the molecule is CC(=O)CC(C)c1ccc(C)s1. The van der Waals surface area contributed by atoms with Crippen LogP contribution in [0, 0.1) is 6.92 Å². The first-order valence-electron chi connectivity index (χ1n) is 4.15. The van der Waals surface area contributed by atoms with Gasteiger partial charge in [-0.25, -0.2) is 0 Å². The molecule has 1 nitrogen and oxygen atoms in total. The zero-order chi connectivity index (χ0) is 9.14. The van der Waals surface area contributed by atoms with Crippen LogP contribution in [0.3, 0.4) is 0 Å². The predicted octanol–water partition coefficient (Wildman–Crippen LogP) is 3.14. The molecule has 1 heterocycles. The maximum Gasteiger partial charge on any atom is 0.130 e. The molecule has 1 atom stereocenters. The smallest absolute Gasteiger partial charge is 0.130 e. The highest BCUT2D eigenvalue weighted by atomic mass is 32.1. The van der Waals surface area contributed by atoms with Gasteiger partial charge in [0, 0.05) is 16.2 Å². The number of hydrogen-bond acceptors (Lipinski definition) is 2. The molecule has 1 rings (SSSR count). The van der Waals surface area contributed by atoms with Crippen molar-refractivity contribution >= 4 is 17.1 Å². The summed E-state index contributed by atoms with van der Waals surface area (Å²) in [7, 11) is 0. The number of carbonyl (C=O) groups is 1. The van der Waals surface area contributed by atoms with Crippen molar-refractivity contribution in [2.45, 2.75) is 33.1 Å². The molecular weight excluding hydrogens is 168 g/mol. The summed E-state index contributed by atoms with van der Waals surface area (Å²) in [6.07, 6.45) is 0.667. The second-order valence-electron chi connectivity index (χ2n) is 3.26. The molecule has 0 aliphatic rings. The van der Waals surface area contributed by atoms with E-state index in [-0.39, 0.29) is 5.78 Å². The molecule has 0 saturated carbocycles. The fourth-order valence-corrected chi connectivity index (χ4v) is 2.18. The Balaban J connectivity index is 2.64. The summed E-state index contributed by atoms with van der Waals surface area (Å²) in [6.45, 7) is 5.85. The summed E-state index contributed by atoms with van der Waals surface area (Å²) in [5.74, 6) is 0.662. The summed E-state index contributed by atoms with van der Waals surface area (Å²) in [5, 5.41) is 0. The van der Waals surface area contributed by atoms with Gasteiger partial charge in [-0.3, -0.25) is 0 Å². The zero-order valence-corrected chi connectivity index (χ0v) is 8.57. The summed E-state index contributed by atoms with van der Waals surface area (Å²) in [4.78, 5) is 13.5. The van der Waals surface area contributed by atoms with Gasteiger partial charge in [-0.05, 0) is 31.9 Å². The van der Waals surface area contributed by atoms with Crippen LogP contribution in [-0.2, 0) is 4.79 Å². The molecule has 2 heteroatoms. The van der Waals surface area contributed by atoms with Crippen molar-refractivity contribution < 1.29 is 4.79 Å². The van der Waals surface area contributed by atoms with Crippen LogP contribution in [0.15, 0.2) is 12.1 Å². The molecule has 0 aliphatic carbocycles. The van der Waals surface area contributed by atoms with E-state index in [4.69, 9.17) is 0 Å². The van der Waals surface area contributed by atoms with Crippen LogP contribution in [0.25, 0.3) is 0 Å². The van der Waals surface area contributed by atoms with E-state index >= 15 is 0 Å². The van der Waals surface area contributed by atoms with Gasteiger partial charge in [-0.2, -0.15) is 0 Å². The fraction of sp³-hybridized carbons (Fsp3) is 0.500. The molecule has 1 aromatic heterocycles. The Labute approximate surface area is 77.4 Å². The van der Waals surface area contributed by atoms with E-state index < -0.39 is 0 Å². The molecule has 0 radical (unpaired) electrons. The molecule has 0 aromatic carbocycles. The van der Waals surface area contributed by atoms with Gasteiger partial charge in [0.25, 0.3) is 0 Å². The van der Waals surface area contributed by atoms with Gasteiger partial charge in [0.05, 0.1) is 0 Å². The fourth-order valence-electron chi connectivity index (χ4n) is 1.25. The lowest BCUT2D eigenvalue weighted by atomic mass is 10.0. The van der Waals surface area contributed by atoms with Gasteiger partial charge >= 0.3 is 0 Å². The van der Waals surface area contributed by atoms with Crippen molar-refractivity contribution in [3.8, 4) is 0 Å². The maximum absolute atomic E-state index is 10.8. The Hall–Kier alpha value is -0.630. The standard InChI is InChI=1S/C10H14OS/c1-7(6-8(2)11)10-5-4-9(3)12-10/h4-5,7H,6H2,1-3H3. The first-order valence-corrected chi connectivity index (χ1v) is 4.97. The number of ketones is 1. The Morgan fingerprint density at radius 3 is 2.67 bits per heavy atom. The topological polar surface area (TPSA) is 17.1 Å². The van der Waals surface area contributed by atoms with Crippen molar-refractivity contribution in [1.29, 1.82) is 0 Å². The number of carbonyl (C=O) groups excluding carboxylic acids is 1. The third kappa shape index (κ3) is 2.45. The maximum atomic E-state index is 10.8. The zero-order valence-electron chi connectivity index (χ0n) is 7.76. The van der Waals surface area contributed by atoms with Crippen LogP contribution in [0.5, 0.6) is 0 Å². The van der Waals surface area contributed by atoms with Gasteiger partial charge in [0.15, 0.2) is 0 Å². The molecular formula is C10H14OS. The normalized spacial score (nSPS) is 12.9. The molecule has 0 bridgehead atoms. The van der Waals surface area contributed by atoms with Crippen LogP contribution < -0.4 is 0 Å². The minimum absolute atomic E-state index is 0.272. The van der Waals surface area contributed by atoms with Crippen molar-refractivity contribution in [1.82, 2.24) is 0 Å². The summed E-state index contributed by atoms with van der Waals surface area (Å²) in [6, 6.07) is 4.23. The third-order valence-corrected chi connectivity index (χ3v) is 3.07. The van der Waals surface area contributed by atoms with Crippen molar-refractivity contribution in [2.24, 2.45) is 0 Å². The largest absolute Gasteiger partial charge is 0.300 e. The third-order valence-electron chi connectivity index (χ3n) is 1.84. The molecule has 0 fully saturated rings. The van der Waals surface area contributed by atoms with Gasteiger partial charge in [-0.15, -0.1) is 11.3 Å². The van der Waals surface area contributed by atoms with E-state index in [2.05, 4.69) is 26.0 Å². The number of hydrogen-bond donors (Lipinski definition) is 0. The Morgan fingerprint density at radius 1 is 1.58 bits per heavy atom. The first kappa shape index (κ1) is 9.46. The number of thiophene rings is 1. The Bertz CT molecular complexity index is 275. The molecule has 12 heavy (non-hydrogen) atoms. The highest BCUT2D eigenvalue weighted by molar-refractivity contribution is 7.12. The second-order valence-corrected chi connectivity index (χ2v) is 4.58. The summed E-state index contributed by atoms with van der Waals surface area (Å²) in [5.41, 5.74) is 0. The van der Waals surface area contributed by atoms with Crippen LogP contribution >= 0.6 is 11.3 Å². The van der Waals surface area contributed by atoms with E-state index in [1.54, 1.807) is 18.3 Å². The minimum Gasteiger partial charge on any atom is -0.300 e. The number of Topliss-reactive ketones (excluding diaryl/α,β-unsaturated/α-hetero) is 1. The minimum atomic E-state index is 0.272. The van der Waals surface area contributed by atoms with E-state index in [0.717, 1.165) is 0 Å². The van der Waals surface area contributed by atoms with Gasteiger partial charge in [-0.1, -0.05) is 6.92 Å². The molecule has 1 aromatic rings. The summed E-state index contributed by atoms with van der Waals surface area (Å²) >= 11 is 1.79. The first-order chi connectivity index (χ1) is 5.59. The number of aryl methyl sites for hydroxylation is 1. The van der Waals surface area contributed by atoms with E-state index in [1.165, 1.54) is 9.75 Å².